The van der Waals surface area contributed by atoms with Gasteiger partial charge in [-0.2, -0.15) is 0 Å². The summed E-state index contributed by atoms with van der Waals surface area (Å²) in [5.41, 5.74) is 1.24. The van der Waals surface area contributed by atoms with Crippen LogP contribution in [0, 0.1) is 6.92 Å². The number of aryl methyl sites for hydroxylation is 1. The summed E-state index contributed by atoms with van der Waals surface area (Å²) in [5, 5.41) is 3.37. The molecule has 1 aromatic carbocycles. The molecule has 1 aromatic heterocycles. The molecule has 96 valence electrons. The Morgan fingerprint density at radius 1 is 1.28 bits per heavy atom. The van der Waals surface area contributed by atoms with Crippen LogP contribution in [0.3, 0.4) is 0 Å². The van der Waals surface area contributed by atoms with Crippen LogP contribution in [-0.4, -0.2) is 13.7 Å². The van der Waals surface area contributed by atoms with E-state index in [9.17, 15) is 0 Å². The quantitative estimate of drug-likeness (QED) is 0.884. The molecule has 0 radical (unpaired) electrons. The Balaban J connectivity index is 2.29. The first-order valence-electron chi connectivity index (χ1n) is 6.21. The van der Waals surface area contributed by atoms with Crippen molar-refractivity contribution in [3.63, 3.8) is 0 Å². The average Bonchev–Trinajstić information content (AvgIpc) is 2.78. The van der Waals surface area contributed by atoms with Crippen LogP contribution in [0.2, 0.25) is 0 Å². The lowest BCUT2D eigenvalue weighted by molar-refractivity contribution is 0.339. The van der Waals surface area contributed by atoms with Gasteiger partial charge in [0, 0.05) is 9.75 Å². The molecule has 0 saturated carbocycles. The standard InChI is InChI=1S/C15H19NOS/c1-4-17-13-7-5-6-12(10-13)15(16-3)14-9-8-11(2)18-14/h5-10,15-16H,4H2,1-3H3. The number of ether oxygens (including phenoxy) is 1. The number of thiophene rings is 1. The molecule has 1 atom stereocenters. The first kappa shape index (κ1) is 13.1. The van der Waals surface area contributed by atoms with E-state index in [0.29, 0.717) is 6.61 Å². The van der Waals surface area contributed by atoms with Gasteiger partial charge in [0.1, 0.15) is 5.75 Å². The molecule has 0 bridgehead atoms. The molecule has 2 rings (SSSR count). The van der Waals surface area contributed by atoms with Gasteiger partial charge in [-0.3, -0.25) is 0 Å². The summed E-state index contributed by atoms with van der Waals surface area (Å²) in [6.45, 7) is 4.84. The number of nitrogens with one attached hydrogen (secondary N) is 1. The van der Waals surface area contributed by atoms with Gasteiger partial charge in [0.2, 0.25) is 0 Å². The fraction of sp³-hybridized carbons (Fsp3) is 0.333. The van der Waals surface area contributed by atoms with Gasteiger partial charge in [0.25, 0.3) is 0 Å². The van der Waals surface area contributed by atoms with E-state index < -0.39 is 0 Å². The van der Waals surface area contributed by atoms with Crippen molar-refractivity contribution < 1.29 is 4.74 Å². The molecule has 3 heteroatoms. The van der Waals surface area contributed by atoms with Crippen LogP contribution in [0.1, 0.15) is 28.3 Å². The monoisotopic (exact) mass is 261 g/mol. The molecule has 1 N–H and O–H groups in total. The summed E-state index contributed by atoms with van der Waals surface area (Å²) in [6, 6.07) is 12.9. The second-order valence-corrected chi connectivity index (χ2v) is 5.50. The van der Waals surface area contributed by atoms with Crippen LogP contribution >= 0.6 is 11.3 Å². The molecule has 0 aliphatic rings. The van der Waals surface area contributed by atoms with Crippen LogP contribution in [0.5, 0.6) is 5.75 Å². The van der Waals surface area contributed by atoms with Gasteiger partial charge in [-0.15, -0.1) is 11.3 Å². The van der Waals surface area contributed by atoms with Gasteiger partial charge in [-0.05, 0) is 50.7 Å². The van der Waals surface area contributed by atoms with E-state index in [2.05, 4.69) is 36.5 Å². The maximum Gasteiger partial charge on any atom is 0.119 e. The highest BCUT2D eigenvalue weighted by Crippen LogP contribution is 2.29. The third-order valence-electron chi connectivity index (χ3n) is 2.84. The Morgan fingerprint density at radius 2 is 2.11 bits per heavy atom. The number of benzene rings is 1. The first-order valence-corrected chi connectivity index (χ1v) is 7.02. The molecule has 0 aliphatic heterocycles. The van der Waals surface area contributed by atoms with Crippen molar-refractivity contribution in [2.75, 3.05) is 13.7 Å². The lowest BCUT2D eigenvalue weighted by Gasteiger charge is -2.16. The van der Waals surface area contributed by atoms with Crippen molar-refractivity contribution >= 4 is 11.3 Å². The summed E-state index contributed by atoms with van der Waals surface area (Å²) < 4.78 is 5.56. The molecule has 18 heavy (non-hydrogen) atoms. The highest BCUT2D eigenvalue weighted by Gasteiger charge is 2.14. The van der Waals surface area contributed by atoms with E-state index in [4.69, 9.17) is 4.74 Å². The highest BCUT2D eigenvalue weighted by molar-refractivity contribution is 7.12. The van der Waals surface area contributed by atoms with Gasteiger partial charge in [0.05, 0.1) is 12.6 Å². The SMILES string of the molecule is CCOc1cccc(C(NC)c2ccc(C)s2)c1. The van der Waals surface area contributed by atoms with Crippen molar-refractivity contribution in [2.24, 2.45) is 0 Å². The van der Waals surface area contributed by atoms with Crippen molar-refractivity contribution in [1.29, 1.82) is 0 Å². The molecular weight excluding hydrogens is 242 g/mol. The average molecular weight is 261 g/mol. The highest BCUT2D eigenvalue weighted by atomic mass is 32.1. The van der Waals surface area contributed by atoms with E-state index in [0.717, 1.165) is 5.75 Å². The van der Waals surface area contributed by atoms with Crippen LogP contribution in [-0.2, 0) is 0 Å². The van der Waals surface area contributed by atoms with Crippen LogP contribution in [0.25, 0.3) is 0 Å². The minimum atomic E-state index is 0.240. The second kappa shape index (κ2) is 6.03. The normalized spacial score (nSPS) is 12.4. The van der Waals surface area contributed by atoms with Gasteiger partial charge < -0.3 is 10.1 Å². The summed E-state index contributed by atoms with van der Waals surface area (Å²) in [6.07, 6.45) is 0. The van der Waals surface area contributed by atoms with Crippen molar-refractivity contribution in [1.82, 2.24) is 5.32 Å². The third kappa shape index (κ3) is 2.92. The summed E-state index contributed by atoms with van der Waals surface area (Å²) >= 11 is 1.83. The van der Waals surface area contributed by atoms with E-state index in [-0.39, 0.29) is 6.04 Å². The minimum absolute atomic E-state index is 0.240. The molecule has 0 aliphatic carbocycles. The summed E-state index contributed by atoms with van der Waals surface area (Å²) in [4.78, 5) is 2.68. The molecule has 2 aromatic rings. The van der Waals surface area contributed by atoms with Crippen molar-refractivity contribution in [3.05, 3.63) is 51.7 Å². The Hall–Kier alpha value is -1.32. The fourth-order valence-corrected chi connectivity index (χ4v) is 3.05. The zero-order valence-corrected chi connectivity index (χ0v) is 11.9. The lowest BCUT2D eigenvalue weighted by atomic mass is 10.1. The van der Waals surface area contributed by atoms with Crippen molar-refractivity contribution in [3.8, 4) is 5.75 Å². The maximum atomic E-state index is 5.56. The van der Waals surface area contributed by atoms with Crippen LogP contribution in [0.4, 0.5) is 0 Å². The molecule has 0 fully saturated rings. The lowest BCUT2D eigenvalue weighted by Crippen LogP contribution is -2.16. The molecule has 1 unspecified atom stereocenters. The zero-order valence-electron chi connectivity index (χ0n) is 11.1. The second-order valence-electron chi connectivity index (χ2n) is 4.18. The number of hydrogen-bond acceptors (Lipinski definition) is 3. The Kier molecular flexibility index (Phi) is 4.39. The maximum absolute atomic E-state index is 5.56. The topological polar surface area (TPSA) is 21.3 Å². The number of rotatable bonds is 5. The van der Waals surface area contributed by atoms with Crippen LogP contribution in [0.15, 0.2) is 36.4 Å². The van der Waals surface area contributed by atoms with Crippen LogP contribution < -0.4 is 10.1 Å². The molecular formula is C15H19NOS. The Labute approximate surface area is 113 Å². The Bertz CT molecular complexity index is 507. The van der Waals surface area contributed by atoms with E-state index in [1.807, 2.05) is 37.4 Å². The van der Waals surface area contributed by atoms with Gasteiger partial charge in [-0.1, -0.05) is 12.1 Å². The minimum Gasteiger partial charge on any atom is -0.494 e. The van der Waals surface area contributed by atoms with Gasteiger partial charge >= 0.3 is 0 Å². The first-order chi connectivity index (χ1) is 8.74. The van der Waals surface area contributed by atoms with E-state index in [1.165, 1.54) is 15.3 Å². The molecule has 1 heterocycles. The van der Waals surface area contributed by atoms with Crippen molar-refractivity contribution in [2.45, 2.75) is 19.9 Å². The fourth-order valence-electron chi connectivity index (χ4n) is 2.03. The Morgan fingerprint density at radius 3 is 2.72 bits per heavy atom. The molecule has 0 amide bonds. The smallest absolute Gasteiger partial charge is 0.119 e. The zero-order chi connectivity index (χ0) is 13.0. The molecule has 0 saturated heterocycles. The summed E-state index contributed by atoms with van der Waals surface area (Å²) in [7, 11) is 1.99. The molecule has 0 spiro atoms. The molecule has 2 nitrogen and oxygen atoms in total. The predicted octanol–water partition coefficient (Wildman–Crippen LogP) is 3.76. The van der Waals surface area contributed by atoms with Gasteiger partial charge in [0.15, 0.2) is 0 Å². The van der Waals surface area contributed by atoms with E-state index in [1.54, 1.807) is 0 Å². The van der Waals surface area contributed by atoms with Gasteiger partial charge in [-0.25, -0.2) is 0 Å². The predicted molar refractivity (Wildman–Crippen MR) is 77.6 cm³/mol. The summed E-state index contributed by atoms with van der Waals surface area (Å²) in [5.74, 6) is 0.934. The van der Waals surface area contributed by atoms with E-state index >= 15 is 0 Å². The third-order valence-corrected chi connectivity index (χ3v) is 3.90. The number of hydrogen-bond donors (Lipinski definition) is 1. The largest absolute Gasteiger partial charge is 0.494 e.